The Bertz CT molecular complexity index is 695. The summed E-state index contributed by atoms with van der Waals surface area (Å²) >= 11 is 1.57. The van der Waals surface area contributed by atoms with Crippen LogP contribution in [0.4, 0.5) is 5.95 Å². The van der Waals surface area contributed by atoms with Crippen LogP contribution in [0.1, 0.15) is 22.7 Å². The summed E-state index contributed by atoms with van der Waals surface area (Å²) in [7, 11) is 0. The van der Waals surface area contributed by atoms with Gasteiger partial charge in [0.25, 0.3) is 5.56 Å². The largest absolute Gasteiger partial charge is 0.354 e. The average molecular weight is 321 g/mol. The molecule has 0 atom stereocenters. The Kier molecular flexibility index (Phi) is 5.65. The first kappa shape index (κ1) is 16.2. The van der Waals surface area contributed by atoms with E-state index in [0.29, 0.717) is 37.6 Å². The number of carbonyl (C=O) groups excluding carboxylic acids is 1. The number of aromatic amines is 1. The first-order chi connectivity index (χ1) is 10.5. The predicted molar refractivity (Wildman–Crippen MR) is 86.3 cm³/mol. The summed E-state index contributed by atoms with van der Waals surface area (Å²) in [6, 6.07) is 1.42. The lowest BCUT2D eigenvalue weighted by Crippen LogP contribution is -2.29. The SMILES string of the molecule is Cc1cc(=O)[nH]c(NCCNC(=O)CCc2scnc2C)n1. The van der Waals surface area contributed by atoms with Gasteiger partial charge in [-0.15, -0.1) is 11.3 Å². The zero-order valence-corrected chi connectivity index (χ0v) is 13.4. The van der Waals surface area contributed by atoms with Crippen molar-refractivity contribution < 1.29 is 4.79 Å². The highest BCUT2D eigenvalue weighted by molar-refractivity contribution is 7.09. The molecule has 8 heteroatoms. The molecule has 2 heterocycles. The Labute approximate surface area is 132 Å². The average Bonchev–Trinajstić information content (AvgIpc) is 2.86. The number of nitrogens with zero attached hydrogens (tertiary/aromatic N) is 2. The third-order valence-corrected chi connectivity index (χ3v) is 4.03. The summed E-state index contributed by atoms with van der Waals surface area (Å²) in [5.41, 5.74) is 3.24. The number of anilines is 1. The maximum absolute atomic E-state index is 11.7. The molecular weight excluding hydrogens is 302 g/mol. The molecular formula is C14H19N5O2S. The van der Waals surface area contributed by atoms with Gasteiger partial charge in [0.15, 0.2) is 0 Å². The molecule has 3 N–H and O–H groups in total. The van der Waals surface area contributed by atoms with Gasteiger partial charge in [-0.3, -0.25) is 14.6 Å². The second kappa shape index (κ2) is 7.69. The normalized spacial score (nSPS) is 10.5. The van der Waals surface area contributed by atoms with E-state index in [1.165, 1.54) is 6.07 Å². The quantitative estimate of drug-likeness (QED) is 0.661. The minimum Gasteiger partial charge on any atom is -0.354 e. The third-order valence-electron chi connectivity index (χ3n) is 3.03. The van der Waals surface area contributed by atoms with Crippen molar-refractivity contribution in [3.05, 3.63) is 38.2 Å². The Morgan fingerprint density at radius 2 is 2.18 bits per heavy atom. The van der Waals surface area contributed by atoms with E-state index < -0.39 is 0 Å². The van der Waals surface area contributed by atoms with Crippen molar-refractivity contribution in [1.29, 1.82) is 0 Å². The second-order valence-electron chi connectivity index (χ2n) is 4.87. The summed E-state index contributed by atoms with van der Waals surface area (Å²) in [5.74, 6) is 0.417. The van der Waals surface area contributed by atoms with Gasteiger partial charge in [0.1, 0.15) is 0 Å². The van der Waals surface area contributed by atoms with Gasteiger partial charge < -0.3 is 10.6 Å². The van der Waals surface area contributed by atoms with Crippen LogP contribution in [0.25, 0.3) is 0 Å². The van der Waals surface area contributed by atoms with E-state index in [9.17, 15) is 9.59 Å². The number of amides is 1. The van der Waals surface area contributed by atoms with Gasteiger partial charge in [-0.1, -0.05) is 0 Å². The number of H-pyrrole nitrogens is 1. The van der Waals surface area contributed by atoms with E-state index in [0.717, 1.165) is 10.6 Å². The molecule has 2 aromatic heterocycles. The van der Waals surface area contributed by atoms with Crippen molar-refractivity contribution in [1.82, 2.24) is 20.3 Å². The Balaban J connectivity index is 1.67. The van der Waals surface area contributed by atoms with Gasteiger partial charge in [0.05, 0.1) is 11.2 Å². The fourth-order valence-electron chi connectivity index (χ4n) is 1.93. The van der Waals surface area contributed by atoms with Crippen LogP contribution in [0, 0.1) is 13.8 Å². The molecule has 0 unspecified atom stereocenters. The number of thiazole rings is 1. The number of aromatic nitrogens is 3. The van der Waals surface area contributed by atoms with E-state index >= 15 is 0 Å². The van der Waals surface area contributed by atoms with Gasteiger partial charge in [-0.2, -0.15) is 0 Å². The number of aryl methyl sites for hydroxylation is 3. The first-order valence-electron chi connectivity index (χ1n) is 7.02. The van der Waals surface area contributed by atoms with Crippen LogP contribution in [0.15, 0.2) is 16.4 Å². The van der Waals surface area contributed by atoms with Crippen molar-refractivity contribution in [2.24, 2.45) is 0 Å². The van der Waals surface area contributed by atoms with E-state index in [-0.39, 0.29) is 11.5 Å². The molecule has 7 nitrogen and oxygen atoms in total. The molecule has 0 radical (unpaired) electrons. The lowest BCUT2D eigenvalue weighted by Gasteiger charge is -2.07. The van der Waals surface area contributed by atoms with Crippen LogP contribution in [0.2, 0.25) is 0 Å². The van der Waals surface area contributed by atoms with Crippen molar-refractivity contribution in [3.8, 4) is 0 Å². The lowest BCUT2D eigenvalue weighted by atomic mass is 10.2. The summed E-state index contributed by atoms with van der Waals surface area (Å²) in [5, 5.41) is 5.80. The molecule has 22 heavy (non-hydrogen) atoms. The highest BCUT2D eigenvalue weighted by Crippen LogP contribution is 2.13. The number of nitrogens with one attached hydrogen (secondary N) is 3. The van der Waals surface area contributed by atoms with Gasteiger partial charge in [0, 0.05) is 36.1 Å². The predicted octanol–water partition coefficient (Wildman–Crippen LogP) is 1.00. The van der Waals surface area contributed by atoms with Crippen LogP contribution < -0.4 is 16.2 Å². The van der Waals surface area contributed by atoms with Gasteiger partial charge in [0.2, 0.25) is 11.9 Å². The van der Waals surface area contributed by atoms with E-state index in [2.05, 4.69) is 25.6 Å². The van der Waals surface area contributed by atoms with Gasteiger partial charge in [-0.05, 0) is 20.3 Å². The highest BCUT2D eigenvalue weighted by Gasteiger charge is 2.05. The monoisotopic (exact) mass is 321 g/mol. The summed E-state index contributed by atoms with van der Waals surface area (Å²) in [6.07, 6.45) is 1.16. The molecule has 0 aliphatic rings. The highest BCUT2D eigenvalue weighted by atomic mass is 32.1. The lowest BCUT2D eigenvalue weighted by molar-refractivity contribution is -0.120. The Morgan fingerprint density at radius 1 is 1.36 bits per heavy atom. The van der Waals surface area contributed by atoms with Crippen molar-refractivity contribution in [2.75, 3.05) is 18.4 Å². The fraction of sp³-hybridized carbons (Fsp3) is 0.429. The van der Waals surface area contributed by atoms with Crippen LogP contribution in [-0.2, 0) is 11.2 Å². The molecule has 0 aliphatic heterocycles. The summed E-state index contributed by atoms with van der Waals surface area (Å²) in [4.78, 5) is 35.1. The smallest absolute Gasteiger partial charge is 0.252 e. The molecule has 0 spiro atoms. The molecule has 118 valence electrons. The molecule has 0 aliphatic carbocycles. The van der Waals surface area contributed by atoms with Crippen LogP contribution in [-0.4, -0.2) is 33.9 Å². The number of hydrogen-bond acceptors (Lipinski definition) is 6. The topological polar surface area (TPSA) is 99.8 Å². The number of rotatable bonds is 7. The van der Waals surface area contributed by atoms with Gasteiger partial charge >= 0.3 is 0 Å². The van der Waals surface area contributed by atoms with Gasteiger partial charge in [-0.25, -0.2) is 9.97 Å². The van der Waals surface area contributed by atoms with Crippen LogP contribution in [0.5, 0.6) is 0 Å². The fourth-order valence-corrected chi connectivity index (χ4v) is 2.71. The molecule has 0 saturated carbocycles. The Morgan fingerprint density at radius 3 is 2.86 bits per heavy atom. The molecule has 0 aromatic carbocycles. The van der Waals surface area contributed by atoms with Crippen LogP contribution >= 0.6 is 11.3 Å². The molecule has 2 rings (SSSR count). The second-order valence-corrected chi connectivity index (χ2v) is 5.81. The Hall–Kier alpha value is -2.22. The molecule has 0 saturated heterocycles. The maximum Gasteiger partial charge on any atom is 0.252 e. The zero-order chi connectivity index (χ0) is 15.9. The number of carbonyl (C=O) groups is 1. The summed E-state index contributed by atoms with van der Waals surface area (Å²) < 4.78 is 0. The van der Waals surface area contributed by atoms with Crippen LogP contribution in [0.3, 0.4) is 0 Å². The van der Waals surface area contributed by atoms with Crippen molar-refractivity contribution in [2.45, 2.75) is 26.7 Å². The molecule has 0 bridgehead atoms. The van der Waals surface area contributed by atoms with Crippen molar-refractivity contribution in [3.63, 3.8) is 0 Å². The number of hydrogen-bond donors (Lipinski definition) is 3. The zero-order valence-electron chi connectivity index (χ0n) is 12.6. The minimum atomic E-state index is -0.195. The third kappa shape index (κ3) is 4.96. The van der Waals surface area contributed by atoms with Crippen molar-refractivity contribution >= 4 is 23.2 Å². The molecule has 2 aromatic rings. The van der Waals surface area contributed by atoms with E-state index in [4.69, 9.17) is 0 Å². The summed E-state index contributed by atoms with van der Waals surface area (Å²) in [6.45, 7) is 4.67. The molecule has 0 fully saturated rings. The minimum absolute atomic E-state index is 0.000273. The van der Waals surface area contributed by atoms with E-state index in [1.54, 1.807) is 23.8 Å². The maximum atomic E-state index is 11.7. The first-order valence-corrected chi connectivity index (χ1v) is 7.90. The molecule has 1 amide bonds. The standard InChI is InChI=1S/C14H19N5O2S/c1-9-7-13(21)19-14(18-9)16-6-5-15-12(20)4-3-11-10(2)17-8-22-11/h7-8H,3-6H2,1-2H3,(H,15,20)(H2,16,18,19,21). The van der Waals surface area contributed by atoms with E-state index in [1.807, 2.05) is 6.92 Å².